The Balaban J connectivity index is 1.97. The molecule has 2 unspecified atom stereocenters. The van der Waals surface area contributed by atoms with E-state index in [-0.39, 0.29) is 17.5 Å². The monoisotopic (exact) mass is 300 g/mol. The molecular weight excluding hydrogens is 284 g/mol. The van der Waals surface area contributed by atoms with Crippen LogP contribution in [0.2, 0.25) is 0 Å². The first-order valence-electron chi connectivity index (χ1n) is 6.97. The lowest BCUT2D eigenvalue weighted by Gasteiger charge is -2.33. The Morgan fingerprint density at radius 1 is 1.14 bits per heavy atom. The summed E-state index contributed by atoms with van der Waals surface area (Å²) in [6, 6.07) is 11.5. The second-order valence-corrected chi connectivity index (χ2v) is 5.27. The lowest BCUT2D eigenvalue weighted by Crippen LogP contribution is -2.34. The van der Waals surface area contributed by atoms with E-state index in [0.717, 1.165) is 11.1 Å². The lowest BCUT2D eigenvalue weighted by atomic mass is 9.94. The van der Waals surface area contributed by atoms with Crippen molar-refractivity contribution < 1.29 is 24.5 Å². The molecule has 2 aromatic rings. The molecule has 0 radical (unpaired) electrons. The fourth-order valence-electron chi connectivity index (χ4n) is 2.62. The Hall–Kier alpha value is -2.69. The number of esters is 1. The Morgan fingerprint density at radius 2 is 1.82 bits per heavy atom. The van der Waals surface area contributed by atoms with Crippen LogP contribution in [-0.2, 0) is 16.0 Å². The van der Waals surface area contributed by atoms with E-state index in [1.807, 2.05) is 0 Å². The Bertz CT molecular complexity index is 693. The van der Waals surface area contributed by atoms with Gasteiger partial charge < -0.3 is 19.7 Å². The van der Waals surface area contributed by atoms with Gasteiger partial charge in [-0.3, -0.25) is 4.79 Å². The van der Waals surface area contributed by atoms with Crippen LogP contribution in [-0.4, -0.2) is 22.3 Å². The molecule has 0 saturated heterocycles. The van der Waals surface area contributed by atoms with Crippen LogP contribution in [0.5, 0.6) is 17.2 Å². The molecule has 0 fully saturated rings. The second-order valence-electron chi connectivity index (χ2n) is 5.27. The molecule has 2 N–H and O–H groups in total. The highest BCUT2D eigenvalue weighted by Gasteiger charge is 2.33. The number of benzene rings is 2. The van der Waals surface area contributed by atoms with Gasteiger partial charge in [0.1, 0.15) is 23.4 Å². The smallest absolute Gasteiger partial charge is 0.303 e. The fourth-order valence-corrected chi connectivity index (χ4v) is 2.62. The number of fused-ring (bicyclic) bond motifs is 1. The number of rotatable bonds is 2. The highest BCUT2D eigenvalue weighted by Crippen LogP contribution is 2.38. The van der Waals surface area contributed by atoms with Crippen LogP contribution >= 0.6 is 0 Å². The van der Waals surface area contributed by atoms with Gasteiger partial charge in [0, 0.05) is 19.4 Å². The van der Waals surface area contributed by atoms with Gasteiger partial charge in [-0.2, -0.15) is 0 Å². The molecule has 1 heterocycles. The van der Waals surface area contributed by atoms with E-state index in [1.54, 1.807) is 42.5 Å². The summed E-state index contributed by atoms with van der Waals surface area (Å²) in [6.45, 7) is 1.36. The quantitative estimate of drug-likeness (QED) is 0.834. The van der Waals surface area contributed by atoms with Crippen molar-refractivity contribution in [2.45, 2.75) is 25.6 Å². The van der Waals surface area contributed by atoms with Gasteiger partial charge in [-0.15, -0.1) is 0 Å². The van der Waals surface area contributed by atoms with Gasteiger partial charge in [0.25, 0.3) is 0 Å². The zero-order chi connectivity index (χ0) is 15.7. The molecule has 5 nitrogen and oxygen atoms in total. The average Bonchev–Trinajstić information content (AvgIpc) is 2.47. The molecule has 2 atom stereocenters. The van der Waals surface area contributed by atoms with Gasteiger partial charge in [0.05, 0.1) is 0 Å². The highest BCUT2D eigenvalue weighted by molar-refractivity contribution is 5.66. The molecule has 0 aliphatic carbocycles. The van der Waals surface area contributed by atoms with E-state index in [2.05, 4.69) is 0 Å². The minimum absolute atomic E-state index is 0.120. The van der Waals surface area contributed by atoms with Crippen LogP contribution in [0.4, 0.5) is 0 Å². The number of carbonyl (C=O) groups excluding carboxylic acids is 1. The minimum Gasteiger partial charge on any atom is -0.508 e. The van der Waals surface area contributed by atoms with E-state index >= 15 is 0 Å². The molecule has 0 aromatic heterocycles. The number of hydrogen-bond donors (Lipinski definition) is 2. The summed E-state index contributed by atoms with van der Waals surface area (Å²) in [5.74, 6) is 0.469. The molecule has 114 valence electrons. The van der Waals surface area contributed by atoms with Crippen molar-refractivity contribution in [3.8, 4) is 17.2 Å². The number of phenolic OH excluding ortho intramolecular Hbond substituents is 2. The summed E-state index contributed by atoms with van der Waals surface area (Å²) in [5.41, 5.74) is 1.66. The first-order chi connectivity index (χ1) is 10.5. The molecular formula is C17H16O5. The zero-order valence-electron chi connectivity index (χ0n) is 12.0. The molecule has 0 bridgehead atoms. The van der Waals surface area contributed by atoms with Crippen molar-refractivity contribution >= 4 is 5.97 Å². The summed E-state index contributed by atoms with van der Waals surface area (Å²) in [7, 11) is 0. The molecule has 5 heteroatoms. The predicted molar refractivity (Wildman–Crippen MR) is 78.8 cm³/mol. The normalized spacial score (nSPS) is 19.9. The molecule has 1 aliphatic heterocycles. The van der Waals surface area contributed by atoms with Crippen LogP contribution in [0.1, 0.15) is 24.2 Å². The molecule has 0 saturated carbocycles. The number of aromatic hydroxyl groups is 2. The maximum atomic E-state index is 11.4. The lowest BCUT2D eigenvalue weighted by molar-refractivity contribution is -0.152. The molecule has 2 aromatic carbocycles. The predicted octanol–water partition coefficient (Wildman–Crippen LogP) is 2.71. The third-order valence-corrected chi connectivity index (χ3v) is 3.60. The molecule has 0 spiro atoms. The van der Waals surface area contributed by atoms with Crippen LogP contribution in [0, 0.1) is 0 Å². The second kappa shape index (κ2) is 5.60. The third-order valence-electron chi connectivity index (χ3n) is 3.60. The van der Waals surface area contributed by atoms with Crippen molar-refractivity contribution in [3.05, 3.63) is 53.6 Å². The Morgan fingerprint density at radius 3 is 2.50 bits per heavy atom. The van der Waals surface area contributed by atoms with E-state index < -0.39 is 12.2 Å². The summed E-state index contributed by atoms with van der Waals surface area (Å²) < 4.78 is 11.3. The largest absolute Gasteiger partial charge is 0.508 e. The summed E-state index contributed by atoms with van der Waals surface area (Å²) in [5, 5.41) is 19.0. The molecule has 1 aliphatic rings. The van der Waals surface area contributed by atoms with Gasteiger partial charge in [-0.1, -0.05) is 18.2 Å². The Kier molecular flexibility index (Phi) is 3.63. The molecule has 3 rings (SSSR count). The molecule has 22 heavy (non-hydrogen) atoms. The van der Waals surface area contributed by atoms with Gasteiger partial charge in [0.15, 0.2) is 6.10 Å². The van der Waals surface area contributed by atoms with E-state index in [0.29, 0.717) is 12.2 Å². The summed E-state index contributed by atoms with van der Waals surface area (Å²) in [4.78, 5) is 11.4. The van der Waals surface area contributed by atoms with Crippen LogP contribution in [0.25, 0.3) is 0 Å². The first kappa shape index (κ1) is 14.3. The van der Waals surface area contributed by atoms with Gasteiger partial charge in [-0.25, -0.2) is 0 Å². The van der Waals surface area contributed by atoms with Crippen LogP contribution < -0.4 is 4.74 Å². The first-order valence-corrected chi connectivity index (χ1v) is 6.97. The van der Waals surface area contributed by atoms with Gasteiger partial charge in [-0.05, 0) is 29.3 Å². The van der Waals surface area contributed by atoms with Crippen molar-refractivity contribution in [1.29, 1.82) is 0 Å². The van der Waals surface area contributed by atoms with Crippen molar-refractivity contribution in [2.24, 2.45) is 0 Å². The van der Waals surface area contributed by atoms with E-state index in [9.17, 15) is 15.0 Å². The van der Waals surface area contributed by atoms with Crippen molar-refractivity contribution in [1.82, 2.24) is 0 Å². The number of ether oxygens (including phenoxy) is 2. The number of phenols is 2. The topological polar surface area (TPSA) is 76.0 Å². The SMILES string of the molecule is CC(=O)OC1Cc2ccc(O)cc2OC1c1ccc(O)cc1. The summed E-state index contributed by atoms with van der Waals surface area (Å²) >= 11 is 0. The maximum absolute atomic E-state index is 11.4. The van der Waals surface area contributed by atoms with Crippen LogP contribution in [0.3, 0.4) is 0 Å². The Labute approximate surface area is 127 Å². The van der Waals surface area contributed by atoms with Crippen LogP contribution in [0.15, 0.2) is 42.5 Å². The molecule has 0 amide bonds. The van der Waals surface area contributed by atoms with E-state index in [1.165, 1.54) is 6.92 Å². The van der Waals surface area contributed by atoms with Gasteiger partial charge in [0.2, 0.25) is 0 Å². The van der Waals surface area contributed by atoms with E-state index in [4.69, 9.17) is 9.47 Å². The minimum atomic E-state index is -0.487. The third kappa shape index (κ3) is 2.83. The number of carbonyl (C=O) groups is 1. The zero-order valence-corrected chi connectivity index (χ0v) is 12.0. The standard InChI is InChI=1S/C17H16O5/c1-10(18)21-16-8-12-4-7-14(20)9-15(12)22-17(16)11-2-5-13(19)6-3-11/h2-7,9,16-17,19-20H,8H2,1H3. The van der Waals surface area contributed by atoms with Crippen molar-refractivity contribution in [2.75, 3.05) is 0 Å². The van der Waals surface area contributed by atoms with Crippen molar-refractivity contribution in [3.63, 3.8) is 0 Å². The average molecular weight is 300 g/mol. The summed E-state index contributed by atoms with van der Waals surface area (Å²) in [6.07, 6.45) is -0.446. The van der Waals surface area contributed by atoms with Gasteiger partial charge >= 0.3 is 5.97 Å². The fraction of sp³-hybridized carbons (Fsp3) is 0.235. The number of hydrogen-bond acceptors (Lipinski definition) is 5. The highest BCUT2D eigenvalue weighted by atomic mass is 16.6. The maximum Gasteiger partial charge on any atom is 0.303 e.